The highest BCUT2D eigenvalue weighted by atomic mass is 79.9. The maximum absolute atomic E-state index is 10.8. The van der Waals surface area contributed by atoms with E-state index in [1.807, 2.05) is 18.5 Å². The molecule has 0 bridgehead atoms. The van der Waals surface area contributed by atoms with Crippen LogP contribution in [0.4, 0.5) is 0 Å². The van der Waals surface area contributed by atoms with Crippen LogP contribution in [0.25, 0.3) is 0 Å². The lowest BCUT2D eigenvalue weighted by Gasteiger charge is -2.12. The molecular formula is C10H14BrN3O2S. The number of hydrogen-bond donors (Lipinski definition) is 2. The highest BCUT2D eigenvalue weighted by Crippen LogP contribution is 2.24. The molecule has 0 aromatic carbocycles. The van der Waals surface area contributed by atoms with Crippen LogP contribution in [0.5, 0.6) is 0 Å². The minimum absolute atomic E-state index is 0.112. The summed E-state index contributed by atoms with van der Waals surface area (Å²) in [4.78, 5) is 10.8. The summed E-state index contributed by atoms with van der Waals surface area (Å²) in [5, 5.41) is 16.5. The Labute approximate surface area is 112 Å². The molecule has 2 heterocycles. The van der Waals surface area contributed by atoms with Crippen LogP contribution in [0.15, 0.2) is 4.47 Å². The summed E-state index contributed by atoms with van der Waals surface area (Å²) in [5.41, 5.74) is 2.03. The molecule has 0 unspecified atom stereocenters. The Morgan fingerprint density at radius 3 is 2.88 bits per heavy atom. The Morgan fingerprint density at radius 1 is 1.71 bits per heavy atom. The zero-order valence-electron chi connectivity index (χ0n) is 9.61. The average Bonchev–Trinajstić information content (AvgIpc) is 2.82. The molecule has 5 nitrogen and oxygen atoms in total. The summed E-state index contributed by atoms with van der Waals surface area (Å²) in [6.45, 7) is 4.63. The van der Waals surface area contributed by atoms with Gasteiger partial charge in [0, 0.05) is 11.4 Å². The fourth-order valence-corrected chi connectivity index (χ4v) is 3.25. The summed E-state index contributed by atoms with van der Waals surface area (Å²) in [6, 6.07) is -0.439. The van der Waals surface area contributed by atoms with Gasteiger partial charge in [0.15, 0.2) is 0 Å². The molecule has 7 heteroatoms. The molecule has 1 aromatic heterocycles. The van der Waals surface area contributed by atoms with E-state index in [0.29, 0.717) is 12.3 Å². The first-order valence-corrected chi connectivity index (χ1v) is 7.13. The predicted octanol–water partition coefficient (Wildman–Crippen LogP) is 1.38. The number of nitrogens with zero attached hydrogens (tertiary/aromatic N) is 2. The summed E-state index contributed by atoms with van der Waals surface area (Å²) in [5.74, 6) is -0.171. The van der Waals surface area contributed by atoms with Gasteiger partial charge in [-0.1, -0.05) is 0 Å². The van der Waals surface area contributed by atoms with Crippen molar-refractivity contribution >= 4 is 33.7 Å². The molecule has 0 aliphatic carbocycles. The van der Waals surface area contributed by atoms with Crippen molar-refractivity contribution < 1.29 is 9.90 Å². The summed E-state index contributed by atoms with van der Waals surface area (Å²) in [6.07, 6.45) is 0. The van der Waals surface area contributed by atoms with Gasteiger partial charge in [-0.3, -0.25) is 14.8 Å². The molecule has 2 N–H and O–H groups in total. The highest BCUT2D eigenvalue weighted by Gasteiger charge is 2.30. The number of carboxylic acids is 1. The number of nitrogens with one attached hydrogen (secondary N) is 1. The van der Waals surface area contributed by atoms with Gasteiger partial charge in [-0.25, -0.2) is 0 Å². The fourth-order valence-electron chi connectivity index (χ4n) is 1.79. The highest BCUT2D eigenvalue weighted by molar-refractivity contribution is 9.10. The van der Waals surface area contributed by atoms with Crippen molar-refractivity contribution in [2.24, 2.45) is 0 Å². The standard InChI is InChI=1S/C10H14BrN3O2S/c1-5-9(11)6(2)14(13-5)3-8-12-7(4-17-8)10(15)16/h7-8,12H,3-4H2,1-2H3,(H,15,16)/t7-,8+/m1/s1. The minimum atomic E-state index is -0.783. The number of aryl methyl sites for hydroxylation is 1. The molecule has 1 aliphatic rings. The van der Waals surface area contributed by atoms with E-state index in [-0.39, 0.29) is 5.37 Å². The Morgan fingerprint density at radius 2 is 2.41 bits per heavy atom. The lowest BCUT2D eigenvalue weighted by atomic mass is 10.3. The number of carboxylic acid groups (broad SMARTS) is 1. The lowest BCUT2D eigenvalue weighted by Crippen LogP contribution is -2.38. The number of carbonyl (C=O) groups is 1. The predicted molar refractivity (Wildman–Crippen MR) is 70.2 cm³/mol. The van der Waals surface area contributed by atoms with Gasteiger partial charge in [0.05, 0.1) is 22.1 Å². The van der Waals surface area contributed by atoms with E-state index in [9.17, 15) is 4.79 Å². The molecule has 1 aliphatic heterocycles. The van der Waals surface area contributed by atoms with Gasteiger partial charge in [0.25, 0.3) is 0 Å². The SMILES string of the molecule is Cc1nn(C[C@H]2N[C@@H](C(=O)O)CS2)c(C)c1Br. The third-order valence-electron chi connectivity index (χ3n) is 2.78. The molecule has 0 amide bonds. The van der Waals surface area contributed by atoms with E-state index in [0.717, 1.165) is 15.9 Å². The van der Waals surface area contributed by atoms with Crippen molar-refractivity contribution in [2.45, 2.75) is 31.8 Å². The summed E-state index contributed by atoms with van der Waals surface area (Å²) in [7, 11) is 0. The van der Waals surface area contributed by atoms with Gasteiger partial charge in [0.1, 0.15) is 6.04 Å². The maximum Gasteiger partial charge on any atom is 0.321 e. The van der Waals surface area contributed by atoms with Crippen LogP contribution in [-0.4, -0.2) is 38.0 Å². The van der Waals surface area contributed by atoms with Crippen molar-refractivity contribution in [2.75, 3.05) is 5.75 Å². The third-order valence-corrected chi connectivity index (χ3v) is 5.14. The molecule has 94 valence electrons. The van der Waals surface area contributed by atoms with E-state index in [2.05, 4.69) is 26.3 Å². The number of aliphatic carboxylic acids is 1. The molecule has 0 saturated carbocycles. The summed E-state index contributed by atoms with van der Waals surface area (Å²) < 4.78 is 2.93. The largest absolute Gasteiger partial charge is 0.480 e. The summed E-state index contributed by atoms with van der Waals surface area (Å²) >= 11 is 5.11. The lowest BCUT2D eigenvalue weighted by molar-refractivity contribution is -0.138. The molecule has 1 aromatic rings. The first kappa shape index (κ1) is 12.9. The number of halogens is 1. The molecule has 1 fully saturated rings. The fraction of sp³-hybridized carbons (Fsp3) is 0.600. The van der Waals surface area contributed by atoms with Crippen LogP contribution in [-0.2, 0) is 11.3 Å². The van der Waals surface area contributed by atoms with E-state index in [4.69, 9.17) is 5.11 Å². The minimum Gasteiger partial charge on any atom is -0.480 e. The monoisotopic (exact) mass is 319 g/mol. The number of rotatable bonds is 3. The topological polar surface area (TPSA) is 67.2 Å². The van der Waals surface area contributed by atoms with E-state index in [1.165, 1.54) is 0 Å². The van der Waals surface area contributed by atoms with Crippen molar-refractivity contribution in [3.8, 4) is 0 Å². The van der Waals surface area contributed by atoms with E-state index >= 15 is 0 Å². The molecule has 1 saturated heterocycles. The van der Waals surface area contributed by atoms with Gasteiger partial charge in [-0.2, -0.15) is 5.10 Å². The van der Waals surface area contributed by atoms with Crippen molar-refractivity contribution in [1.29, 1.82) is 0 Å². The quantitative estimate of drug-likeness (QED) is 0.881. The van der Waals surface area contributed by atoms with Crippen LogP contribution in [0.2, 0.25) is 0 Å². The van der Waals surface area contributed by atoms with Crippen molar-refractivity contribution in [1.82, 2.24) is 15.1 Å². The molecule has 2 atom stereocenters. The second kappa shape index (κ2) is 4.99. The Kier molecular flexibility index (Phi) is 3.79. The smallest absolute Gasteiger partial charge is 0.321 e. The Hall–Kier alpha value is -0.530. The first-order valence-electron chi connectivity index (χ1n) is 5.29. The van der Waals surface area contributed by atoms with Gasteiger partial charge in [-0.05, 0) is 29.8 Å². The van der Waals surface area contributed by atoms with Gasteiger partial charge in [-0.15, -0.1) is 11.8 Å². The second-order valence-corrected chi connectivity index (χ2v) is 6.08. The Bertz CT molecular complexity index is 449. The van der Waals surface area contributed by atoms with Crippen LogP contribution < -0.4 is 5.32 Å². The van der Waals surface area contributed by atoms with Crippen LogP contribution in [0, 0.1) is 13.8 Å². The molecule has 2 rings (SSSR count). The number of aromatic nitrogens is 2. The third kappa shape index (κ3) is 2.66. The number of hydrogen-bond acceptors (Lipinski definition) is 4. The molecule has 0 spiro atoms. The molecule has 0 radical (unpaired) electrons. The zero-order chi connectivity index (χ0) is 12.6. The zero-order valence-corrected chi connectivity index (χ0v) is 12.0. The molecule has 17 heavy (non-hydrogen) atoms. The van der Waals surface area contributed by atoms with Crippen LogP contribution in [0.1, 0.15) is 11.4 Å². The maximum atomic E-state index is 10.8. The number of thioether (sulfide) groups is 1. The van der Waals surface area contributed by atoms with Crippen LogP contribution in [0.3, 0.4) is 0 Å². The van der Waals surface area contributed by atoms with Crippen molar-refractivity contribution in [3.05, 3.63) is 15.9 Å². The van der Waals surface area contributed by atoms with Gasteiger partial charge >= 0.3 is 5.97 Å². The Balaban J connectivity index is 2.03. The van der Waals surface area contributed by atoms with E-state index < -0.39 is 12.0 Å². The average molecular weight is 320 g/mol. The van der Waals surface area contributed by atoms with Crippen LogP contribution >= 0.6 is 27.7 Å². The first-order chi connectivity index (χ1) is 7.99. The normalized spacial score (nSPS) is 24.2. The van der Waals surface area contributed by atoms with Gasteiger partial charge < -0.3 is 5.11 Å². The van der Waals surface area contributed by atoms with E-state index in [1.54, 1.807) is 11.8 Å². The van der Waals surface area contributed by atoms with Crippen molar-refractivity contribution in [3.63, 3.8) is 0 Å². The molecular weight excluding hydrogens is 306 g/mol. The second-order valence-electron chi connectivity index (χ2n) is 4.05. The van der Waals surface area contributed by atoms with Gasteiger partial charge in [0.2, 0.25) is 0 Å².